The summed E-state index contributed by atoms with van der Waals surface area (Å²) in [5.74, 6) is -1.07. The Balaban J connectivity index is 1.75. The van der Waals surface area contributed by atoms with E-state index in [2.05, 4.69) is 21.2 Å². The van der Waals surface area contributed by atoms with Crippen molar-refractivity contribution in [2.75, 3.05) is 18.4 Å². The van der Waals surface area contributed by atoms with E-state index < -0.39 is 5.97 Å². The van der Waals surface area contributed by atoms with Crippen molar-refractivity contribution >= 4 is 33.6 Å². The molecule has 2 aliphatic heterocycles. The summed E-state index contributed by atoms with van der Waals surface area (Å²) < 4.78 is 6.40. The number of aromatic carboxylic acids is 1. The highest BCUT2D eigenvalue weighted by Gasteiger charge is 2.35. The molecule has 0 saturated carbocycles. The van der Waals surface area contributed by atoms with Gasteiger partial charge in [0, 0.05) is 17.6 Å². The van der Waals surface area contributed by atoms with Crippen LogP contribution in [0.4, 0.5) is 10.5 Å². The zero-order chi connectivity index (χ0) is 15.0. The Kier molecular flexibility index (Phi) is 3.86. The number of benzene rings is 1. The number of morpholine rings is 1. The minimum Gasteiger partial charge on any atom is -0.478 e. The number of carboxylic acids is 1. The molecule has 0 spiro atoms. The van der Waals surface area contributed by atoms with E-state index in [1.807, 2.05) is 0 Å². The molecule has 2 atom stereocenters. The van der Waals surface area contributed by atoms with Crippen LogP contribution in [0.2, 0.25) is 0 Å². The highest BCUT2D eigenvalue weighted by atomic mass is 79.9. The summed E-state index contributed by atoms with van der Waals surface area (Å²) >= 11 is 3.28. The molecule has 1 aromatic carbocycles. The van der Waals surface area contributed by atoms with Gasteiger partial charge in [0.1, 0.15) is 0 Å². The van der Waals surface area contributed by atoms with Crippen LogP contribution in [0.25, 0.3) is 0 Å². The van der Waals surface area contributed by atoms with Gasteiger partial charge in [0.15, 0.2) is 0 Å². The number of halogens is 1. The third kappa shape index (κ3) is 3.03. The fraction of sp³-hybridized carbons (Fsp3) is 0.429. The Morgan fingerprint density at radius 2 is 1.95 bits per heavy atom. The molecule has 2 amide bonds. The second-order valence-electron chi connectivity index (χ2n) is 5.29. The lowest BCUT2D eigenvalue weighted by atomic mass is 10.2. The maximum Gasteiger partial charge on any atom is 0.337 e. The minimum absolute atomic E-state index is 0.0720. The molecule has 0 radical (unpaired) electrons. The summed E-state index contributed by atoms with van der Waals surface area (Å²) in [4.78, 5) is 25.2. The highest BCUT2D eigenvalue weighted by molar-refractivity contribution is 9.10. The van der Waals surface area contributed by atoms with Gasteiger partial charge in [-0.2, -0.15) is 0 Å². The Morgan fingerprint density at radius 3 is 2.57 bits per heavy atom. The van der Waals surface area contributed by atoms with Crippen LogP contribution >= 0.6 is 15.9 Å². The molecule has 2 aliphatic rings. The van der Waals surface area contributed by atoms with Gasteiger partial charge in [-0.05, 0) is 31.0 Å². The van der Waals surface area contributed by atoms with Gasteiger partial charge in [-0.15, -0.1) is 0 Å². The predicted molar refractivity (Wildman–Crippen MR) is 79.6 cm³/mol. The van der Waals surface area contributed by atoms with E-state index in [1.165, 1.54) is 6.07 Å². The van der Waals surface area contributed by atoms with Crippen molar-refractivity contribution in [2.45, 2.75) is 25.0 Å². The summed E-state index contributed by atoms with van der Waals surface area (Å²) in [6.45, 7) is 1.11. The molecule has 2 saturated heterocycles. The largest absolute Gasteiger partial charge is 0.478 e. The van der Waals surface area contributed by atoms with E-state index in [1.54, 1.807) is 17.0 Å². The van der Waals surface area contributed by atoms with E-state index in [9.17, 15) is 14.7 Å². The maximum absolute atomic E-state index is 12.3. The lowest BCUT2D eigenvalue weighted by Crippen LogP contribution is -2.47. The molecule has 0 aliphatic carbocycles. The molecule has 2 fully saturated rings. The number of hydrogen-bond acceptors (Lipinski definition) is 3. The number of likely N-dealkylation sites (tertiary alicyclic amines) is 1. The lowest BCUT2D eigenvalue weighted by molar-refractivity contribution is -0.0219. The van der Waals surface area contributed by atoms with E-state index in [0.717, 1.165) is 12.8 Å². The number of anilines is 1. The van der Waals surface area contributed by atoms with Gasteiger partial charge in [0.2, 0.25) is 0 Å². The first-order chi connectivity index (χ1) is 10.0. The van der Waals surface area contributed by atoms with Gasteiger partial charge in [0.25, 0.3) is 0 Å². The van der Waals surface area contributed by atoms with Crippen LogP contribution in [0.3, 0.4) is 0 Å². The number of urea groups is 1. The summed E-state index contributed by atoms with van der Waals surface area (Å²) in [5.41, 5.74) is 0.364. The number of ether oxygens (including phenoxy) is 1. The minimum atomic E-state index is -1.07. The zero-order valence-corrected chi connectivity index (χ0v) is 12.8. The van der Waals surface area contributed by atoms with Crippen LogP contribution in [-0.4, -0.2) is 47.3 Å². The Hall–Kier alpha value is -1.60. The van der Waals surface area contributed by atoms with Crippen LogP contribution in [0, 0.1) is 0 Å². The third-order valence-corrected chi connectivity index (χ3v) is 4.28. The molecular weight excluding hydrogens is 340 g/mol. The van der Waals surface area contributed by atoms with Crippen LogP contribution in [0.1, 0.15) is 23.2 Å². The molecule has 2 N–H and O–H groups in total. The van der Waals surface area contributed by atoms with Crippen LogP contribution in [-0.2, 0) is 4.74 Å². The van der Waals surface area contributed by atoms with Crippen molar-refractivity contribution in [1.29, 1.82) is 0 Å². The number of rotatable bonds is 2. The van der Waals surface area contributed by atoms with E-state index in [-0.39, 0.29) is 23.8 Å². The molecule has 3 rings (SSSR count). The average Bonchev–Trinajstić information content (AvgIpc) is 2.77. The molecule has 6 nitrogen and oxygen atoms in total. The normalized spacial score (nSPS) is 24.0. The second-order valence-corrected chi connectivity index (χ2v) is 6.20. The molecule has 112 valence electrons. The number of amides is 2. The van der Waals surface area contributed by atoms with Gasteiger partial charge in [-0.25, -0.2) is 9.59 Å². The van der Waals surface area contributed by atoms with Crippen LogP contribution < -0.4 is 5.32 Å². The van der Waals surface area contributed by atoms with Gasteiger partial charge in [0.05, 0.1) is 23.5 Å². The Bertz CT molecular complexity index is 580. The van der Waals surface area contributed by atoms with Crippen molar-refractivity contribution in [3.8, 4) is 0 Å². The number of nitrogens with zero attached hydrogens (tertiary/aromatic N) is 1. The lowest BCUT2D eigenvalue weighted by Gasteiger charge is -2.32. The summed E-state index contributed by atoms with van der Waals surface area (Å²) in [5, 5.41) is 11.9. The molecule has 2 unspecified atom stereocenters. The summed E-state index contributed by atoms with van der Waals surface area (Å²) in [6.07, 6.45) is 2.17. The number of hydrogen-bond donors (Lipinski definition) is 2. The van der Waals surface area contributed by atoms with Crippen molar-refractivity contribution < 1.29 is 19.4 Å². The predicted octanol–water partition coefficient (Wildman–Crippen LogP) is 2.54. The summed E-state index contributed by atoms with van der Waals surface area (Å²) in [6, 6.07) is 4.41. The maximum atomic E-state index is 12.3. The molecule has 7 heteroatoms. The quantitative estimate of drug-likeness (QED) is 0.855. The van der Waals surface area contributed by atoms with E-state index in [0.29, 0.717) is 23.2 Å². The molecular formula is C14H15BrN2O4. The number of carbonyl (C=O) groups is 2. The van der Waals surface area contributed by atoms with E-state index >= 15 is 0 Å². The molecule has 1 aromatic rings. The average molecular weight is 355 g/mol. The van der Waals surface area contributed by atoms with Gasteiger partial charge >= 0.3 is 12.0 Å². The topological polar surface area (TPSA) is 78.9 Å². The first-order valence-corrected chi connectivity index (χ1v) is 7.56. The van der Waals surface area contributed by atoms with Gasteiger partial charge < -0.3 is 20.1 Å². The zero-order valence-electron chi connectivity index (χ0n) is 11.2. The van der Waals surface area contributed by atoms with Gasteiger partial charge in [-0.1, -0.05) is 15.9 Å². The fourth-order valence-electron chi connectivity index (χ4n) is 2.78. The monoisotopic (exact) mass is 354 g/mol. The highest BCUT2D eigenvalue weighted by Crippen LogP contribution is 2.27. The smallest absolute Gasteiger partial charge is 0.337 e. The van der Waals surface area contributed by atoms with Crippen LogP contribution in [0.5, 0.6) is 0 Å². The number of carbonyl (C=O) groups excluding carboxylic acids is 1. The van der Waals surface area contributed by atoms with Gasteiger partial charge in [-0.3, -0.25) is 0 Å². The number of nitrogens with one attached hydrogen (secondary N) is 1. The first-order valence-electron chi connectivity index (χ1n) is 6.77. The first kappa shape index (κ1) is 14.3. The van der Waals surface area contributed by atoms with Crippen molar-refractivity contribution in [3.63, 3.8) is 0 Å². The Morgan fingerprint density at radius 1 is 1.29 bits per heavy atom. The summed E-state index contributed by atoms with van der Waals surface area (Å²) in [7, 11) is 0. The standard InChI is InChI=1S/C14H15BrN2O4/c15-8-1-4-11(13(18)19)12(5-8)16-14(20)17-6-9-2-3-10(7-17)21-9/h1,4-5,9-10H,2-3,6-7H2,(H,16,20)(H,18,19). The van der Waals surface area contributed by atoms with E-state index in [4.69, 9.17) is 4.74 Å². The second kappa shape index (κ2) is 5.65. The van der Waals surface area contributed by atoms with Crippen molar-refractivity contribution in [2.24, 2.45) is 0 Å². The Labute approximate surface area is 130 Å². The van der Waals surface area contributed by atoms with Crippen molar-refractivity contribution in [1.82, 2.24) is 4.90 Å². The van der Waals surface area contributed by atoms with Crippen molar-refractivity contribution in [3.05, 3.63) is 28.2 Å². The molecule has 0 aromatic heterocycles. The third-order valence-electron chi connectivity index (χ3n) is 3.78. The SMILES string of the molecule is O=C(O)c1ccc(Br)cc1NC(=O)N1CC2CCC(C1)O2. The molecule has 21 heavy (non-hydrogen) atoms. The number of fused-ring (bicyclic) bond motifs is 2. The molecule has 2 heterocycles. The van der Waals surface area contributed by atoms with Crippen LogP contribution in [0.15, 0.2) is 22.7 Å². The number of carboxylic acid groups (broad SMARTS) is 1. The fourth-order valence-corrected chi connectivity index (χ4v) is 3.14. The molecule has 2 bridgehead atoms.